The van der Waals surface area contributed by atoms with Crippen LogP contribution in [0.4, 0.5) is 0 Å². The quantitative estimate of drug-likeness (QED) is 0.697. The van der Waals surface area contributed by atoms with Crippen LogP contribution < -0.4 is 4.74 Å². The lowest BCUT2D eigenvalue weighted by molar-refractivity contribution is -0.129. The van der Waals surface area contributed by atoms with Gasteiger partial charge in [-0.05, 0) is 54.4 Å². The summed E-state index contributed by atoms with van der Waals surface area (Å²) in [5, 5.41) is 8.60. The average molecular weight is 402 g/mol. The molecule has 1 saturated carbocycles. The molecule has 1 aliphatic carbocycles. The zero-order valence-corrected chi connectivity index (χ0v) is 17.7. The predicted molar refractivity (Wildman–Crippen MR) is 108 cm³/mol. The summed E-state index contributed by atoms with van der Waals surface area (Å²) in [6.07, 6.45) is 3.39. The van der Waals surface area contributed by atoms with Crippen LogP contribution in [-0.2, 0) is 4.79 Å². The molecule has 0 N–H and O–H groups in total. The Morgan fingerprint density at radius 1 is 1.25 bits per heavy atom. The first-order valence-corrected chi connectivity index (χ1v) is 10.7. The molecule has 4 rings (SSSR count). The highest BCUT2D eigenvalue weighted by Gasteiger charge is 2.50. The number of fused-ring (bicyclic) bond motifs is 2. The Kier molecular flexibility index (Phi) is 4.89. The maximum atomic E-state index is 12.9. The number of nitrogens with zero attached hydrogens (tertiary/aromatic N) is 3. The Morgan fingerprint density at radius 2 is 2.00 bits per heavy atom. The third-order valence-electron chi connectivity index (χ3n) is 5.80. The van der Waals surface area contributed by atoms with E-state index in [0.717, 1.165) is 30.7 Å². The summed E-state index contributed by atoms with van der Waals surface area (Å²) >= 11 is 1.32. The van der Waals surface area contributed by atoms with Crippen molar-refractivity contribution in [2.24, 2.45) is 10.8 Å². The number of benzene rings is 1. The van der Waals surface area contributed by atoms with Gasteiger partial charge in [0.1, 0.15) is 5.75 Å². The largest absolute Gasteiger partial charge is 0.497 e. The third-order valence-corrected chi connectivity index (χ3v) is 6.60. The number of ether oxygens (including phenoxy) is 1. The number of aromatic nitrogens is 2. The van der Waals surface area contributed by atoms with Crippen molar-refractivity contribution in [3.05, 3.63) is 24.3 Å². The molecule has 7 heteroatoms. The second kappa shape index (κ2) is 7.10. The first-order valence-electron chi connectivity index (χ1n) is 9.67. The maximum Gasteiger partial charge on any atom is 0.277 e. The Labute approximate surface area is 170 Å². The number of hydrogen-bond acceptors (Lipinski definition) is 6. The van der Waals surface area contributed by atoms with Crippen LogP contribution >= 0.6 is 11.8 Å². The van der Waals surface area contributed by atoms with Crippen molar-refractivity contribution in [2.75, 3.05) is 19.4 Å². The van der Waals surface area contributed by atoms with Crippen LogP contribution in [0.1, 0.15) is 40.0 Å². The molecule has 1 amide bonds. The molecule has 0 unspecified atom stereocenters. The Balaban J connectivity index is 1.37. The van der Waals surface area contributed by atoms with E-state index in [2.05, 4.69) is 35.9 Å². The minimum absolute atomic E-state index is 0.167. The molecule has 1 aliphatic heterocycles. The molecule has 1 saturated heterocycles. The van der Waals surface area contributed by atoms with E-state index in [1.54, 1.807) is 7.11 Å². The Morgan fingerprint density at radius 3 is 2.71 bits per heavy atom. The zero-order valence-electron chi connectivity index (χ0n) is 16.9. The van der Waals surface area contributed by atoms with Crippen molar-refractivity contribution in [1.29, 1.82) is 0 Å². The van der Waals surface area contributed by atoms with E-state index in [1.807, 2.05) is 24.3 Å². The Bertz CT molecular complexity index is 864. The van der Waals surface area contributed by atoms with Gasteiger partial charge >= 0.3 is 0 Å². The summed E-state index contributed by atoms with van der Waals surface area (Å²) in [6.45, 7) is 7.82. The second-order valence-corrected chi connectivity index (χ2v) is 10.1. The van der Waals surface area contributed by atoms with Gasteiger partial charge in [-0.15, -0.1) is 10.2 Å². The SMILES string of the molecule is COc1ccc(-c2nnc(SCC(=O)N3C[C@@]4(C)C[C@@H]3CC(C)(C)C4)o2)cc1. The van der Waals surface area contributed by atoms with E-state index in [9.17, 15) is 4.79 Å². The molecule has 2 atom stereocenters. The fourth-order valence-corrected chi connectivity index (χ4v) is 5.73. The van der Waals surface area contributed by atoms with Gasteiger partial charge in [0, 0.05) is 18.2 Å². The number of methoxy groups -OCH3 is 1. The van der Waals surface area contributed by atoms with Crippen molar-refractivity contribution >= 4 is 17.7 Å². The van der Waals surface area contributed by atoms with Crippen molar-refractivity contribution in [3.63, 3.8) is 0 Å². The van der Waals surface area contributed by atoms with Crippen LogP contribution in [0.5, 0.6) is 5.75 Å². The molecule has 0 radical (unpaired) electrons. The first kappa shape index (κ1) is 19.3. The van der Waals surface area contributed by atoms with Gasteiger partial charge in [-0.2, -0.15) is 0 Å². The molecule has 6 nitrogen and oxygen atoms in total. The summed E-state index contributed by atoms with van der Waals surface area (Å²) in [7, 11) is 1.63. The van der Waals surface area contributed by atoms with Gasteiger partial charge in [0.15, 0.2) is 0 Å². The predicted octanol–water partition coefficient (Wildman–Crippen LogP) is 4.26. The van der Waals surface area contributed by atoms with E-state index in [4.69, 9.17) is 9.15 Å². The van der Waals surface area contributed by atoms with Crippen LogP contribution in [-0.4, -0.2) is 46.5 Å². The van der Waals surface area contributed by atoms with Crippen LogP contribution in [0.3, 0.4) is 0 Å². The number of rotatable bonds is 5. The van der Waals surface area contributed by atoms with Crippen LogP contribution in [0.15, 0.2) is 33.9 Å². The van der Waals surface area contributed by atoms with Crippen LogP contribution in [0, 0.1) is 10.8 Å². The van der Waals surface area contributed by atoms with Crippen LogP contribution in [0.25, 0.3) is 11.5 Å². The average Bonchev–Trinajstić information content (AvgIpc) is 3.21. The molecule has 0 spiro atoms. The van der Waals surface area contributed by atoms with Gasteiger partial charge in [0.2, 0.25) is 11.8 Å². The second-order valence-electron chi connectivity index (χ2n) is 9.13. The molecule has 1 aromatic carbocycles. The highest BCUT2D eigenvalue weighted by Crippen LogP contribution is 2.52. The standard InChI is InChI=1S/C21H27N3O3S/c1-20(2)9-15-10-21(3,12-20)13-24(15)17(25)11-28-19-23-22-18(27-19)14-5-7-16(26-4)8-6-14/h5-8,15H,9-13H2,1-4H3/t15-,21-/m0/s1. The monoisotopic (exact) mass is 401 g/mol. The lowest BCUT2D eigenvalue weighted by Crippen LogP contribution is -2.38. The van der Waals surface area contributed by atoms with Crippen molar-refractivity contribution in [3.8, 4) is 17.2 Å². The minimum atomic E-state index is 0.167. The van der Waals surface area contributed by atoms with Gasteiger partial charge in [-0.1, -0.05) is 32.5 Å². The maximum absolute atomic E-state index is 12.9. The summed E-state index contributed by atoms with van der Waals surface area (Å²) in [6, 6.07) is 7.81. The lowest BCUT2D eigenvalue weighted by atomic mass is 9.65. The van der Waals surface area contributed by atoms with E-state index in [1.165, 1.54) is 18.2 Å². The van der Waals surface area contributed by atoms with Crippen LogP contribution in [0.2, 0.25) is 0 Å². The van der Waals surface area contributed by atoms with Gasteiger partial charge in [0.25, 0.3) is 5.22 Å². The zero-order chi connectivity index (χ0) is 19.9. The molecule has 2 aromatic rings. The van der Waals surface area contributed by atoms with Gasteiger partial charge in [-0.3, -0.25) is 4.79 Å². The van der Waals surface area contributed by atoms with E-state index in [0.29, 0.717) is 28.3 Å². The summed E-state index contributed by atoms with van der Waals surface area (Å²) in [5.74, 6) is 1.72. The fraction of sp³-hybridized carbons (Fsp3) is 0.571. The number of amides is 1. The number of carbonyl (C=O) groups excluding carboxylic acids is 1. The van der Waals surface area contributed by atoms with Crippen molar-refractivity contribution in [1.82, 2.24) is 15.1 Å². The first-order chi connectivity index (χ1) is 13.3. The van der Waals surface area contributed by atoms with E-state index >= 15 is 0 Å². The number of carbonyl (C=O) groups is 1. The molecule has 2 fully saturated rings. The third kappa shape index (κ3) is 3.90. The van der Waals surface area contributed by atoms with Crippen molar-refractivity contribution in [2.45, 2.75) is 51.3 Å². The smallest absolute Gasteiger partial charge is 0.277 e. The van der Waals surface area contributed by atoms with E-state index in [-0.39, 0.29) is 11.3 Å². The molecule has 2 heterocycles. The molecule has 2 aliphatic rings. The summed E-state index contributed by atoms with van der Waals surface area (Å²) < 4.78 is 10.9. The van der Waals surface area contributed by atoms with Gasteiger partial charge in [0.05, 0.1) is 12.9 Å². The molecule has 1 aromatic heterocycles. The van der Waals surface area contributed by atoms with Gasteiger partial charge < -0.3 is 14.1 Å². The molecule has 2 bridgehead atoms. The minimum Gasteiger partial charge on any atom is -0.497 e. The molecule has 28 heavy (non-hydrogen) atoms. The number of hydrogen-bond donors (Lipinski definition) is 0. The lowest BCUT2D eigenvalue weighted by Gasteiger charge is -2.39. The molecular weight excluding hydrogens is 374 g/mol. The fourth-order valence-electron chi connectivity index (χ4n) is 5.08. The number of thioether (sulfide) groups is 1. The summed E-state index contributed by atoms with van der Waals surface area (Å²) in [4.78, 5) is 14.9. The molecule has 150 valence electrons. The number of likely N-dealkylation sites (tertiary alicyclic amines) is 1. The summed E-state index contributed by atoms with van der Waals surface area (Å²) in [5.41, 5.74) is 1.38. The molecular formula is C21H27N3O3S. The Hall–Kier alpha value is -2.02. The topological polar surface area (TPSA) is 68.5 Å². The van der Waals surface area contributed by atoms with E-state index < -0.39 is 0 Å². The highest BCUT2D eigenvalue weighted by molar-refractivity contribution is 7.99. The normalized spacial score (nSPS) is 25.7. The van der Waals surface area contributed by atoms with Gasteiger partial charge in [-0.25, -0.2) is 0 Å². The highest BCUT2D eigenvalue weighted by atomic mass is 32.2. The van der Waals surface area contributed by atoms with Crippen molar-refractivity contribution < 1.29 is 13.9 Å².